The fraction of sp³-hybridized carbons (Fsp3) is 0. The van der Waals surface area contributed by atoms with E-state index in [4.69, 9.17) is 23.2 Å². The van der Waals surface area contributed by atoms with Crippen LogP contribution in [0.15, 0.2) is 15.0 Å². The Morgan fingerprint density at radius 3 is 2.36 bits per heavy atom. The molecule has 0 atom stereocenters. The van der Waals surface area contributed by atoms with E-state index in [2.05, 4.69) is 31.9 Å². The van der Waals surface area contributed by atoms with Gasteiger partial charge in [-0.3, -0.25) is 0 Å². The summed E-state index contributed by atoms with van der Waals surface area (Å²) in [6.07, 6.45) is 0. The molecule has 0 aliphatic heterocycles. The molecule has 60 valence electrons. The van der Waals surface area contributed by atoms with Crippen molar-refractivity contribution in [2.75, 3.05) is 0 Å². The van der Waals surface area contributed by atoms with Crippen LogP contribution >= 0.6 is 55.1 Å². The van der Waals surface area contributed by atoms with Crippen LogP contribution in [0.25, 0.3) is 0 Å². The first-order chi connectivity index (χ1) is 5.04. The molecule has 0 spiro atoms. The van der Waals surface area contributed by atoms with Gasteiger partial charge in [-0.1, -0.05) is 23.2 Å². The molecule has 0 heterocycles. The normalized spacial score (nSPS) is 10.3. The average Bonchev–Trinajstić information content (AvgIpc) is 1.97. The predicted octanol–water partition coefficient (Wildman–Crippen LogP) is 4.66. The average molecular weight is 323 g/mol. The Kier molecular flexibility index (Phi) is 3.20. The van der Waals surface area contributed by atoms with Gasteiger partial charge in [0.05, 0.1) is 14.5 Å². The lowest BCUT2D eigenvalue weighted by Gasteiger charge is -2.01. The maximum Gasteiger partial charge on any atom is 0.161 e. The fourth-order valence-corrected chi connectivity index (χ4v) is 1.96. The molecular weight excluding hydrogens is 322 g/mol. The second kappa shape index (κ2) is 3.60. The summed E-state index contributed by atoms with van der Waals surface area (Å²) in [5, 5.41) is -0.00514. The maximum absolute atomic E-state index is 12.9. The van der Waals surface area contributed by atoms with E-state index in [1.807, 2.05) is 0 Å². The van der Waals surface area contributed by atoms with Gasteiger partial charge in [0.1, 0.15) is 0 Å². The van der Waals surface area contributed by atoms with E-state index >= 15 is 0 Å². The van der Waals surface area contributed by atoms with Gasteiger partial charge in [0.25, 0.3) is 0 Å². The highest BCUT2D eigenvalue weighted by atomic mass is 79.9. The van der Waals surface area contributed by atoms with Crippen molar-refractivity contribution in [2.45, 2.75) is 0 Å². The smallest absolute Gasteiger partial charge is 0.161 e. The molecule has 0 amide bonds. The summed E-state index contributed by atoms with van der Waals surface area (Å²) in [6.45, 7) is 0. The minimum atomic E-state index is -0.608. The molecule has 1 aromatic rings. The molecule has 0 saturated heterocycles. The van der Waals surface area contributed by atoms with Crippen LogP contribution in [0.2, 0.25) is 10.0 Å². The Labute approximate surface area is 89.9 Å². The Morgan fingerprint density at radius 1 is 1.27 bits per heavy atom. The van der Waals surface area contributed by atoms with Gasteiger partial charge >= 0.3 is 0 Å². The number of rotatable bonds is 0. The Morgan fingerprint density at radius 2 is 1.82 bits per heavy atom. The van der Waals surface area contributed by atoms with Gasteiger partial charge in [0, 0.05) is 4.47 Å². The second-order valence-corrected chi connectivity index (χ2v) is 4.21. The molecule has 0 aromatic heterocycles. The zero-order chi connectivity index (χ0) is 8.59. The Hall–Kier alpha value is 0.690. The van der Waals surface area contributed by atoms with Crippen molar-refractivity contribution in [1.82, 2.24) is 0 Å². The van der Waals surface area contributed by atoms with Gasteiger partial charge in [-0.2, -0.15) is 0 Å². The van der Waals surface area contributed by atoms with Crippen molar-refractivity contribution >= 4 is 55.1 Å². The topological polar surface area (TPSA) is 0 Å². The minimum Gasteiger partial charge on any atom is -0.204 e. The summed E-state index contributed by atoms with van der Waals surface area (Å²) in [5.41, 5.74) is 0. The third kappa shape index (κ3) is 1.89. The molecule has 0 saturated carbocycles. The zero-order valence-electron chi connectivity index (χ0n) is 4.97. The summed E-state index contributed by atoms with van der Waals surface area (Å²) >= 11 is 17.3. The van der Waals surface area contributed by atoms with Gasteiger partial charge in [-0.15, -0.1) is 0 Å². The van der Waals surface area contributed by atoms with Crippen LogP contribution in [0.3, 0.4) is 0 Å². The Balaban J connectivity index is 3.46. The first-order valence-corrected chi connectivity index (χ1v) is 4.86. The van der Waals surface area contributed by atoms with E-state index in [9.17, 15) is 4.39 Å². The molecule has 1 aromatic carbocycles. The first-order valence-electron chi connectivity index (χ1n) is 2.52. The van der Waals surface area contributed by atoms with Gasteiger partial charge in [0.15, 0.2) is 5.82 Å². The van der Waals surface area contributed by atoms with E-state index in [0.29, 0.717) is 8.95 Å². The lowest BCUT2D eigenvalue weighted by molar-refractivity contribution is 0.627. The van der Waals surface area contributed by atoms with E-state index in [0.717, 1.165) is 0 Å². The van der Waals surface area contributed by atoms with Crippen LogP contribution in [0, 0.1) is 5.82 Å². The van der Waals surface area contributed by atoms with Crippen molar-refractivity contribution in [3.05, 3.63) is 30.9 Å². The largest absolute Gasteiger partial charge is 0.204 e. The highest BCUT2D eigenvalue weighted by Crippen LogP contribution is 2.36. The van der Waals surface area contributed by atoms with E-state index < -0.39 is 5.82 Å². The summed E-state index contributed by atoms with van der Waals surface area (Å²) < 4.78 is 14.0. The SMILES string of the molecule is Fc1c(Cl)cc(Br)c(Br)c1Cl. The lowest BCUT2D eigenvalue weighted by atomic mass is 10.3. The molecule has 0 nitrogen and oxygen atoms in total. The molecule has 0 fully saturated rings. The fourth-order valence-electron chi connectivity index (χ4n) is 0.544. The highest BCUT2D eigenvalue weighted by molar-refractivity contribution is 9.13. The summed E-state index contributed by atoms with van der Waals surface area (Å²) in [5.74, 6) is -0.608. The van der Waals surface area contributed by atoms with Crippen molar-refractivity contribution in [3.63, 3.8) is 0 Å². The minimum absolute atomic E-state index is 0.00470. The molecule has 0 aliphatic rings. The number of hydrogen-bond acceptors (Lipinski definition) is 0. The molecule has 11 heavy (non-hydrogen) atoms. The molecule has 0 aliphatic carbocycles. The van der Waals surface area contributed by atoms with Gasteiger partial charge in [0.2, 0.25) is 0 Å². The van der Waals surface area contributed by atoms with E-state index in [1.54, 1.807) is 0 Å². The quantitative estimate of drug-likeness (QED) is 0.481. The zero-order valence-corrected chi connectivity index (χ0v) is 9.65. The molecule has 1 rings (SSSR count). The highest BCUT2D eigenvalue weighted by Gasteiger charge is 2.11. The number of halogens is 5. The van der Waals surface area contributed by atoms with Crippen LogP contribution < -0.4 is 0 Å². The van der Waals surface area contributed by atoms with Crippen molar-refractivity contribution in [3.8, 4) is 0 Å². The van der Waals surface area contributed by atoms with Crippen LogP contribution in [0.1, 0.15) is 0 Å². The molecule has 0 unspecified atom stereocenters. The summed E-state index contributed by atoms with van der Waals surface area (Å²) in [4.78, 5) is 0. The van der Waals surface area contributed by atoms with Gasteiger partial charge in [-0.05, 0) is 37.9 Å². The van der Waals surface area contributed by atoms with Gasteiger partial charge < -0.3 is 0 Å². The molecule has 0 radical (unpaired) electrons. The standard InChI is InChI=1S/C6HBr2Cl2F/c7-2-1-3(9)6(11)5(10)4(2)8/h1H. The maximum atomic E-state index is 12.9. The van der Waals surface area contributed by atoms with Gasteiger partial charge in [-0.25, -0.2) is 4.39 Å². The summed E-state index contributed by atoms with van der Waals surface area (Å²) in [7, 11) is 0. The predicted molar refractivity (Wildman–Crippen MR) is 51.8 cm³/mol. The van der Waals surface area contributed by atoms with Crippen molar-refractivity contribution < 1.29 is 4.39 Å². The number of hydrogen-bond donors (Lipinski definition) is 0. The third-order valence-corrected chi connectivity index (χ3v) is 3.90. The van der Waals surface area contributed by atoms with E-state index in [-0.39, 0.29) is 10.0 Å². The second-order valence-electron chi connectivity index (χ2n) is 1.78. The lowest BCUT2D eigenvalue weighted by Crippen LogP contribution is -1.81. The first kappa shape index (κ1) is 9.78. The summed E-state index contributed by atoms with van der Waals surface area (Å²) in [6, 6.07) is 1.44. The van der Waals surface area contributed by atoms with Crippen LogP contribution in [-0.4, -0.2) is 0 Å². The van der Waals surface area contributed by atoms with Crippen LogP contribution in [-0.2, 0) is 0 Å². The van der Waals surface area contributed by atoms with Crippen LogP contribution in [0.5, 0.6) is 0 Å². The Bertz CT molecular complexity index is 275. The molecule has 5 heteroatoms. The van der Waals surface area contributed by atoms with Crippen molar-refractivity contribution in [1.29, 1.82) is 0 Å². The monoisotopic (exact) mass is 320 g/mol. The third-order valence-electron chi connectivity index (χ3n) is 1.06. The molecular formula is C6HBr2Cl2F. The number of benzene rings is 1. The van der Waals surface area contributed by atoms with Crippen molar-refractivity contribution in [2.24, 2.45) is 0 Å². The van der Waals surface area contributed by atoms with E-state index in [1.165, 1.54) is 6.07 Å². The molecule has 0 N–H and O–H groups in total. The van der Waals surface area contributed by atoms with Crippen LogP contribution in [0.4, 0.5) is 4.39 Å². The molecule has 0 bridgehead atoms.